The van der Waals surface area contributed by atoms with Gasteiger partial charge >= 0.3 is 0 Å². The lowest BCUT2D eigenvalue weighted by atomic mass is 9.35. The second-order valence-electron chi connectivity index (χ2n) is 8.37. The van der Waals surface area contributed by atoms with Crippen molar-refractivity contribution in [2.75, 3.05) is 19.0 Å². The van der Waals surface area contributed by atoms with E-state index in [-0.39, 0.29) is 29.7 Å². The van der Waals surface area contributed by atoms with Crippen LogP contribution in [0, 0.1) is 16.6 Å². The molecule has 2 bridgehead atoms. The summed E-state index contributed by atoms with van der Waals surface area (Å²) in [5, 5.41) is 18.3. The van der Waals surface area contributed by atoms with E-state index in [0.29, 0.717) is 22.1 Å². The molecular formula is C20H21ClFN5O2. The summed E-state index contributed by atoms with van der Waals surface area (Å²) in [5.74, 6) is 0.227. The monoisotopic (exact) mass is 417 g/mol. The van der Waals surface area contributed by atoms with Gasteiger partial charge in [-0.2, -0.15) is 5.10 Å². The van der Waals surface area contributed by atoms with Gasteiger partial charge in [-0.15, -0.1) is 0 Å². The van der Waals surface area contributed by atoms with Crippen molar-refractivity contribution in [3.8, 4) is 5.75 Å². The maximum absolute atomic E-state index is 14.5. The van der Waals surface area contributed by atoms with Crippen molar-refractivity contribution < 1.29 is 14.2 Å². The van der Waals surface area contributed by atoms with Crippen molar-refractivity contribution >= 4 is 28.5 Å². The van der Waals surface area contributed by atoms with Gasteiger partial charge in [0.05, 0.1) is 12.5 Å². The lowest BCUT2D eigenvalue weighted by Gasteiger charge is -2.70. The molecule has 2 N–H and O–H groups in total. The second-order valence-corrected chi connectivity index (χ2v) is 8.78. The SMILES string of the molecule is COc1ccc(Cl)c(CNc2ncnc3nn(CC45CC(CO)(C4)C5)cc23)c1F. The van der Waals surface area contributed by atoms with Gasteiger partial charge in [-0.1, -0.05) is 11.6 Å². The Morgan fingerprint density at radius 1 is 1.28 bits per heavy atom. The number of hydrogen-bond donors (Lipinski definition) is 2. The third-order valence-electron chi connectivity index (χ3n) is 6.25. The molecule has 0 aliphatic heterocycles. The van der Waals surface area contributed by atoms with Crippen molar-refractivity contribution in [3.05, 3.63) is 41.1 Å². The Bertz CT molecular complexity index is 1080. The fourth-order valence-electron chi connectivity index (χ4n) is 5.08. The van der Waals surface area contributed by atoms with Crippen LogP contribution in [0.3, 0.4) is 0 Å². The number of aromatic nitrogens is 4. The average molecular weight is 418 g/mol. The molecule has 2 aromatic heterocycles. The van der Waals surface area contributed by atoms with Crippen LogP contribution >= 0.6 is 11.6 Å². The van der Waals surface area contributed by atoms with Crippen molar-refractivity contribution in [2.24, 2.45) is 10.8 Å². The predicted molar refractivity (Wildman–Crippen MR) is 106 cm³/mol. The number of halogens is 2. The van der Waals surface area contributed by atoms with E-state index in [1.807, 2.05) is 10.9 Å². The van der Waals surface area contributed by atoms with Crippen LogP contribution in [0.15, 0.2) is 24.7 Å². The molecule has 0 amide bonds. The van der Waals surface area contributed by atoms with E-state index >= 15 is 0 Å². The lowest BCUT2D eigenvalue weighted by Crippen LogP contribution is -2.64. The number of hydrogen-bond acceptors (Lipinski definition) is 6. The minimum atomic E-state index is -0.491. The van der Waals surface area contributed by atoms with Gasteiger partial charge in [0.15, 0.2) is 17.2 Å². The molecule has 6 rings (SSSR count). The van der Waals surface area contributed by atoms with E-state index in [0.717, 1.165) is 31.2 Å². The molecule has 0 spiro atoms. The first-order valence-electron chi connectivity index (χ1n) is 9.50. The molecule has 29 heavy (non-hydrogen) atoms. The summed E-state index contributed by atoms with van der Waals surface area (Å²) in [6.45, 7) is 1.24. The zero-order chi connectivity index (χ0) is 20.2. The molecule has 2 heterocycles. The summed E-state index contributed by atoms with van der Waals surface area (Å²) < 4.78 is 21.5. The Morgan fingerprint density at radius 3 is 2.79 bits per heavy atom. The molecule has 3 fully saturated rings. The van der Waals surface area contributed by atoms with Crippen molar-refractivity contribution in [2.45, 2.75) is 32.4 Å². The number of methoxy groups -OCH3 is 1. The number of fused-ring (bicyclic) bond motifs is 1. The number of ether oxygens (including phenoxy) is 1. The molecule has 0 saturated heterocycles. The summed E-state index contributed by atoms with van der Waals surface area (Å²) in [6, 6.07) is 3.11. The van der Waals surface area contributed by atoms with Crippen LogP contribution < -0.4 is 10.1 Å². The van der Waals surface area contributed by atoms with Gasteiger partial charge in [-0.05, 0) is 42.2 Å². The number of anilines is 1. The maximum atomic E-state index is 14.5. The van der Waals surface area contributed by atoms with Crippen molar-refractivity contribution in [1.82, 2.24) is 19.7 Å². The first kappa shape index (κ1) is 18.6. The highest BCUT2D eigenvalue weighted by molar-refractivity contribution is 6.31. The number of nitrogens with one attached hydrogen (secondary N) is 1. The van der Waals surface area contributed by atoms with Gasteiger partial charge in [0, 0.05) is 36.5 Å². The van der Waals surface area contributed by atoms with Gasteiger partial charge < -0.3 is 15.2 Å². The zero-order valence-electron chi connectivity index (χ0n) is 16.0. The van der Waals surface area contributed by atoms with Crippen LogP contribution in [0.25, 0.3) is 11.0 Å². The third kappa shape index (κ3) is 2.93. The molecule has 0 unspecified atom stereocenters. The standard InChI is InChI=1S/C20H21ClFN5O2/c1-29-15-3-2-14(21)12(16(15)22)4-23-17-13-5-27(26-18(13)25-11-24-17)9-19-6-20(7-19,8-19)10-28/h2-3,5,11,28H,4,6-10H2,1H3,(H,23,24,25,26). The molecule has 3 saturated carbocycles. The van der Waals surface area contributed by atoms with Crippen LogP contribution in [0.4, 0.5) is 10.2 Å². The third-order valence-corrected chi connectivity index (χ3v) is 6.60. The molecule has 3 aromatic rings. The molecule has 7 nitrogen and oxygen atoms in total. The van der Waals surface area contributed by atoms with Crippen LogP contribution in [0.5, 0.6) is 5.75 Å². The molecule has 3 aliphatic rings. The summed E-state index contributed by atoms with van der Waals surface area (Å²) >= 11 is 6.17. The van der Waals surface area contributed by atoms with Gasteiger partial charge in [-0.3, -0.25) is 4.68 Å². The van der Waals surface area contributed by atoms with Gasteiger partial charge in [0.25, 0.3) is 0 Å². The Labute approximate surface area is 171 Å². The summed E-state index contributed by atoms with van der Waals surface area (Å²) in [7, 11) is 1.42. The zero-order valence-corrected chi connectivity index (χ0v) is 16.7. The number of aliphatic hydroxyl groups is 1. The van der Waals surface area contributed by atoms with E-state index in [9.17, 15) is 9.50 Å². The van der Waals surface area contributed by atoms with E-state index in [1.165, 1.54) is 19.5 Å². The van der Waals surface area contributed by atoms with Crippen LogP contribution in [0.1, 0.15) is 24.8 Å². The van der Waals surface area contributed by atoms with Gasteiger partial charge in [0.1, 0.15) is 12.1 Å². The van der Waals surface area contributed by atoms with Gasteiger partial charge in [0.2, 0.25) is 0 Å². The Hall–Kier alpha value is -2.45. The van der Waals surface area contributed by atoms with Crippen LogP contribution in [-0.4, -0.2) is 38.6 Å². The first-order chi connectivity index (χ1) is 14.0. The largest absolute Gasteiger partial charge is 0.494 e. The lowest BCUT2D eigenvalue weighted by molar-refractivity contribution is -0.231. The number of benzene rings is 1. The topological polar surface area (TPSA) is 85.1 Å². The highest BCUT2D eigenvalue weighted by Crippen LogP contribution is 2.73. The maximum Gasteiger partial charge on any atom is 0.186 e. The Kier molecular flexibility index (Phi) is 4.18. The van der Waals surface area contributed by atoms with E-state index in [1.54, 1.807) is 6.07 Å². The Morgan fingerprint density at radius 2 is 2.07 bits per heavy atom. The smallest absolute Gasteiger partial charge is 0.186 e. The average Bonchev–Trinajstić information content (AvgIpc) is 3.06. The second kappa shape index (κ2) is 6.53. The molecule has 1 aromatic carbocycles. The number of aliphatic hydroxyl groups excluding tert-OH is 1. The predicted octanol–water partition coefficient (Wildman–Crippen LogP) is 3.40. The molecule has 152 valence electrons. The highest BCUT2D eigenvalue weighted by atomic mass is 35.5. The molecule has 0 atom stereocenters. The molecular weight excluding hydrogens is 397 g/mol. The molecule has 0 radical (unpaired) electrons. The van der Waals surface area contributed by atoms with Crippen LogP contribution in [0.2, 0.25) is 5.02 Å². The highest BCUT2D eigenvalue weighted by Gasteiger charge is 2.67. The summed E-state index contributed by atoms with van der Waals surface area (Å²) in [6.07, 6.45) is 6.52. The minimum Gasteiger partial charge on any atom is -0.494 e. The first-order valence-corrected chi connectivity index (χ1v) is 9.88. The van der Waals surface area contributed by atoms with Gasteiger partial charge in [-0.25, -0.2) is 14.4 Å². The fraction of sp³-hybridized carbons (Fsp3) is 0.450. The summed E-state index contributed by atoms with van der Waals surface area (Å²) in [4.78, 5) is 8.55. The quantitative estimate of drug-likeness (QED) is 0.612. The number of rotatable bonds is 7. The Balaban J connectivity index is 1.36. The van der Waals surface area contributed by atoms with Crippen LogP contribution in [-0.2, 0) is 13.1 Å². The minimum absolute atomic E-state index is 0.145. The summed E-state index contributed by atoms with van der Waals surface area (Å²) in [5.41, 5.74) is 1.32. The van der Waals surface area contributed by atoms with E-state index < -0.39 is 5.82 Å². The van der Waals surface area contributed by atoms with E-state index in [2.05, 4.69) is 20.4 Å². The molecule has 9 heteroatoms. The normalized spacial score (nSPS) is 24.8. The fourth-order valence-corrected chi connectivity index (χ4v) is 5.30. The van der Waals surface area contributed by atoms with Crippen molar-refractivity contribution in [1.29, 1.82) is 0 Å². The van der Waals surface area contributed by atoms with E-state index in [4.69, 9.17) is 16.3 Å². The molecule has 3 aliphatic carbocycles. The van der Waals surface area contributed by atoms with Crippen molar-refractivity contribution in [3.63, 3.8) is 0 Å². The number of nitrogens with zero attached hydrogens (tertiary/aromatic N) is 4.